The monoisotopic (exact) mass is 328 g/mol. The van der Waals surface area contributed by atoms with Gasteiger partial charge in [0.2, 0.25) is 5.91 Å². The number of nitrogens with one attached hydrogen (secondary N) is 1. The van der Waals surface area contributed by atoms with Crippen LogP contribution in [0.5, 0.6) is 0 Å². The second-order valence-electron chi connectivity index (χ2n) is 6.62. The fourth-order valence-corrected chi connectivity index (χ4v) is 3.33. The van der Waals surface area contributed by atoms with Crippen LogP contribution in [0.15, 0.2) is 18.2 Å². The highest BCUT2D eigenvalue weighted by atomic mass is 16.1. The Hall–Kier alpha value is -1.88. The summed E-state index contributed by atoms with van der Waals surface area (Å²) in [4.78, 5) is 19.0. The molecule has 0 unspecified atom stereocenters. The number of nitrogens with zero attached hydrogens (tertiary/aromatic N) is 3. The quantitative estimate of drug-likeness (QED) is 0.841. The van der Waals surface area contributed by atoms with Crippen LogP contribution >= 0.6 is 0 Å². The molecule has 1 N–H and O–H groups in total. The highest BCUT2D eigenvalue weighted by Gasteiger charge is 2.17. The third-order valence-electron chi connectivity index (χ3n) is 4.73. The van der Waals surface area contributed by atoms with Crippen molar-refractivity contribution in [3.63, 3.8) is 0 Å². The number of anilines is 1. The van der Waals surface area contributed by atoms with Crippen molar-refractivity contribution in [2.45, 2.75) is 59.0 Å². The number of benzene rings is 1. The molecular formula is C19H28N4O. The Morgan fingerprint density at radius 1 is 1.25 bits per heavy atom. The zero-order chi connectivity index (χ0) is 16.9. The van der Waals surface area contributed by atoms with Crippen LogP contribution in [0, 0.1) is 0 Å². The molecule has 5 nitrogen and oxygen atoms in total. The van der Waals surface area contributed by atoms with Gasteiger partial charge in [0.15, 0.2) is 0 Å². The number of aromatic nitrogens is 2. The van der Waals surface area contributed by atoms with Crippen LogP contribution in [0.2, 0.25) is 0 Å². The molecule has 0 bridgehead atoms. The number of hydrogen-bond acceptors (Lipinski definition) is 3. The number of rotatable bonds is 7. The van der Waals surface area contributed by atoms with Gasteiger partial charge in [-0.1, -0.05) is 20.3 Å². The van der Waals surface area contributed by atoms with Gasteiger partial charge in [0.1, 0.15) is 5.82 Å². The van der Waals surface area contributed by atoms with Gasteiger partial charge in [-0.25, -0.2) is 4.98 Å². The lowest BCUT2D eigenvalue weighted by molar-refractivity contribution is -0.115. The maximum absolute atomic E-state index is 11.6. The summed E-state index contributed by atoms with van der Waals surface area (Å²) in [5.41, 5.74) is 2.99. The van der Waals surface area contributed by atoms with Crippen molar-refractivity contribution < 1.29 is 4.79 Å². The Bertz CT molecular complexity index is 701. The number of aryl methyl sites for hydroxylation is 1. The van der Waals surface area contributed by atoms with Crippen LogP contribution in [0.25, 0.3) is 11.0 Å². The Kier molecular flexibility index (Phi) is 5.51. The molecule has 0 aliphatic carbocycles. The number of hydrogen-bond donors (Lipinski definition) is 1. The number of amides is 1. The lowest BCUT2D eigenvalue weighted by Crippen LogP contribution is -2.21. The van der Waals surface area contributed by atoms with Crippen molar-refractivity contribution >= 4 is 22.6 Å². The molecule has 1 aromatic heterocycles. The Morgan fingerprint density at radius 2 is 2.04 bits per heavy atom. The predicted octanol–water partition coefficient (Wildman–Crippen LogP) is 3.78. The molecule has 5 heteroatoms. The second-order valence-corrected chi connectivity index (χ2v) is 6.62. The standard InChI is InChI=1S/C19H28N4O/c1-3-5-12-23-17-9-8-15(20-19(24)4-2)13-16(17)21-18(23)14-22-10-6-7-11-22/h8-9,13H,3-7,10-12,14H2,1-2H3,(H,20,24). The van der Waals surface area contributed by atoms with Gasteiger partial charge in [0, 0.05) is 18.7 Å². The summed E-state index contributed by atoms with van der Waals surface area (Å²) in [6.07, 6.45) is 5.41. The molecule has 2 heterocycles. The maximum Gasteiger partial charge on any atom is 0.224 e. The van der Waals surface area contributed by atoms with Crippen molar-refractivity contribution in [2.75, 3.05) is 18.4 Å². The van der Waals surface area contributed by atoms with E-state index in [9.17, 15) is 4.79 Å². The van der Waals surface area contributed by atoms with Crippen molar-refractivity contribution in [3.05, 3.63) is 24.0 Å². The molecule has 1 aliphatic rings. The van der Waals surface area contributed by atoms with Gasteiger partial charge >= 0.3 is 0 Å². The van der Waals surface area contributed by atoms with E-state index in [0.29, 0.717) is 6.42 Å². The molecule has 0 spiro atoms. The van der Waals surface area contributed by atoms with E-state index < -0.39 is 0 Å². The summed E-state index contributed by atoms with van der Waals surface area (Å²) in [6.45, 7) is 8.37. The van der Waals surface area contributed by atoms with Crippen LogP contribution < -0.4 is 5.32 Å². The van der Waals surface area contributed by atoms with Crippen molar-refractivity contribution in [1.29, 1.82) is 0 Å². The minimum absolute atomic E-state index is 0.0389. The second kappa shape index (κ2) is 7.79. The molecule has 0 radical (unpaired) electrons. The van der Waals surface area contributed by atoms with Crippen LogP contribution in [-0.4, -0.2) is 33.4 Å². The largest absolute Gasteiger partial charge is 0.327 e. The first kappa shape index (κ1) is 17.0. The fourth-order valence-electron chi connectivity index (χ4n) is 3.33. The average molecular weight is 328 g/mol. The molecular weight excluding hydrogens is 300 g/mol. The third-order valence-corrected chi connectivity index (χ3v) is 4.73. The first-order valence-electron chi connectivity index (χ1n) is 9.22. The maximum atomic E-state index is 11.6. The van der Waals surface area contributed by atoms with E-state index in [1.54, 1.807) is 0 Å². The molecule has 0 saturated carbocycles. The Balaban J connectivity index is 1.90. The topological polar surface area (TPSA) is 50.2 Å². The molecule has 24 heavy (non-hydrogen) atoms. The SMILES string of the molecule is CCCCn1c(CN2CCCC2)nc2cc(NC(=O)CC)ccc21. The molecule has 1 saturated heterocycles. The van der Waals surface area contributed by atoms with Crippen LogP contribution in [0.1, 0.15) is 51.8 Å². The minimum atomic E-state index is 0.0389. The van der Waals surface area contributed by atoms with E-state index in [2.05, 4.69) is 27.8 Å². The average Bonchev–Trinajstić information content (AvgIpc) is 3.20. The number of likely N-dealkylation sites (tertiary alicyclic amines) is 1. The summed E-state index contributed by atoms with van der Waals surface area (Å²) in [6, 6.07) is 6.08. The zero-order valence-corrected chi connectivity index (χ0v) is 14.8. The van der Waals surface area contributed by atoms with Crippen LogP contribution in [0.3, 0.4) is 0 Å². The van der Waals surface area contributed by atoms with E-state index in [0.717, 1.165) is 36.5 Å². The number of fused-ring (bicyclic) bond motifs is 1. The number of carbonyl (C=O) groups is 1. The summed E-state index contributed by atoms with van der Waals surface area (Å²) >= 11 is 0. The summed E-state index contributed by atoms with van der Waals surface area (Å²) in [5, 5.41) is 2.93. The van der Waals surface area contributed by atoms with E-state index >= 15 is 0 Å². The van der Waals surface area contributed by atoms with Crippen molar-refractivity contribution in [2.24, 2.45) is 0 Å². The van der Waals surface area contributed by atoms with E-state index in [1.807, 2.05) is 19.1 Å². The third kappa shape index (κ3) is 3.78. The fraction of sp³-hybridized carbons (Fsp3) is 0.579. The normalized spacial score (nSPS) is 15.2. The van der Waals surface area contributed by atoms with Gasteiger partial charge in [0.05, 0.1) is 17.6 Å². The zero-order valence-electron chi connectivity index (χ0n) is 14.8. The summed E-state index contributed by atoms with van der Waals surface area (Å²) in [5.74, 6) is 1.19. The van der Waals surface area contributed by atoms with Gasteiger partial charge in [-0.05, 0) is 50.6 Å². The lowest BCUT2D eigenvalue weighted by Gasteiger charge is -2.15. The highest BCUT2D eigenvalue weighted by molar-refractivity contribution is 5.92. The van der Waals surface area contributed by atoms with Gasteiger partial charge < -0.3 is 9.88 Å². The molecule has 3 rings (SSSR count). The van der Waals surface area contributed by atoms with Gasteiger partial charge in [-0.3, -0.25) is 9.69 Å². The summed E-state index contributed by atoms with van der Waals surface area (Å²) < 4.78 is 2.36. The molecule has 1 aliphatic heterocycles. The molecule has 1 amide bonds. The van der Waals surface area contributed by atoms with E-state index in [-0.39, 0.29) is 5.91 Å². The minimum Gasteiger partial charge on any atom is -0.327 e. The number of unbranched alkanes of at least 4 members (excludes halogenated alkanes) is 1. The molecule has 2 aromatic rings. The van der Waals surface area contributed by atoms with Gasteiger partial charge in [-0.2, -0.15) is 0 Å². The van der Waals surface area contributed by atoms with Crippen LogP contribution in [0.4, 0.5) is 5.69 Å². The highest BCUT2D eigenvalue weighted by Crippen LogP contribution is 2.23. The predicted molar refractivity (Wildman–Crippen MR) is 98.1 cm³/mol. The Morgan fingerprint density at radius 3 is 2.75 bits per heavy atom. The van der Waals surface area contributed by atoms with Gasteiger partial charge in [-0.15, -0.1) is 0 Å². The summed E-state index contributed by atoms with van der Waals surface area (Å²) in [7, 11) is 0. The first-order valence-corrected chi connectivity index (χ1v) is 9.22. The first-order chi connectivity index (χ1) is 11.7. The van der Waals surface area contributed by atoms with Crippen molar-refractivity contribution in [3.8, 4) is 0 Å². The molecule has 1 fully saturated rings. The lowest BCUT2D eigenvalue weighted by atomic mass is 10.2. The Labute approximate surface area is 144 Å². The molecule has 130 valence electrons. The molecule has 0 atom stereocenters. The van der Waals surface area contributed by atoms with Gasteiger partial charge in [0.25, 0.3) is 0 Å². The van der Waals surface area contributed by atoms with E-state index in [4.69, 9.17) is 4.98 Å². The smallest absolute Gasteiger partial charge is 0.224 e. The number of carbonyl (C=O) groups excluding carboxylic acids is 1. The number of imidazole rings is 1. The van der Waals surface area contributed by atoms with Crippen LogP contribution in [-0.2, 0) is 17.9 Å². The van der Waals surface area contributed by atoms with E-state index in [1.165, 1.54) is 37.9 Å². The molecule has 1 aromatic carbocycles. The van der Waals surface area contributed by atoms with Crippen molar-refractivity contribution in [1.82, 2.24) is 14.5 Å².